The first-order valence-corrected chi connectivity index (χ1v) is 9.01. The molecule has 0 saturated carbocycles. The Morgan fingerprint density at radius 1 is 1.32 bits per heavy atom. The number of rotatable bonds is 4. The minimum Gasteiger partial charge on any atom is -0.459 e. The van der Waals surface area contributed by atoms with Gasteiger partial charge in [-0.3, -0.25) is 0 Å². The van der Waals surface area contributed by atoms with Gasteiger partial charge in [0.2, 0.25) is 0 Å². The van der Waals surface area contributed by atoms with Crippen LogP contribution in [0.5, 0.6) is 0 Å². The number of benzene rings is 1. The Hall–Kier alpha value is -1.06. The van der Waals surface area contributed by atoms with Crippen molar-refractivity contribution in [3.63, 3.8) is 0 Å². The molecule has 2 aromatic rings. The van der Waals surface area contributed by atoms with Crippen LogP contribution in [-0.2, 0) is 6.54 Å². The summed E-state index contributed by atoms with van der Waals surface area (Å²) in [7, 11) is 0. The Balaban J connectivity index is 0.00000225. The van der Waals surface area contributed by atoms with E-state index in [1.807, 2.05) is 43.3 Å². The van der Waals surface area contributed by atoms with Gasteiger partial charge in [-0.05, 0) is 37.6 Å². The molecule has 1 aliphatic rings. The molecular formula is C18H23BrIN3O2. The van der Waals surface area contributed by atoms with E-state index in [1.54, 1.807) is 0 Å². The average Bonchev–Trinajstić information content (AvgIpc) is 3.21. The highest BCUT2D eigenvalue weighted by Crippen LogP contribution is 2.24. The van der Waals surface area contributed by atoms with Crippen LogP contribution in [0.15, 0.2) is 50.3 Å². The van der Waals surface area contributed by atoms with Crippen LogP contribution in [0.2, 0.25) is 0 Å². The molecule has 1 atom stereocenters. The summed E-state index contributed by atoms with van der Waals surface area (Å²) in [5, 5.41) is 13.0. The van der Waals surface area contributed by atoms with E-state index in [-0.39, 0.29) is 30.1 Å². The summed E-state index contributed by atoms with van der Waals surface area (Å²) in [5.74, 6) is 2.49. The van der Waals surface area contributed by atoms with Crippen LogP contribution in [0.4, 0.5) is 0 Å². The standard InChI is InChI=1S/C18H22BrN3O2.HI/c1-2-20-18(22-10-9-15(23)12-22)21-11-16-7-8-17(24-16)13-3-5-14(19)6-4-13;/h3-8,15,23H,2,9-12H2,1H3,(H,20,21);1H/t15-;/m1./s1. The maximum Gasteiger partial charge on any atom is 0.194 e. The lowest BCUT2D eigenvalue weighted by Crippen LogP contribution is -2.40. The highest BCUT2D eigenvalue weighted by Gasteiger charge is 2.22. The van der Waals surface area contributed by atoms with E-state index >= 15 is 0 Å². The van der Waals surface area contributed by atoms with Gasteiger partial charge in [0.1, 0.15) is 18.1 Å². The zero-order chi connectivity index (χ0) is 16.9. The quantitative estimate of drug-likeness (QED) is 0.366. The van der Waals surface area contributed by atoms with Crippen molar-refractivity contribution in [2.45, 2.75) is 26.0 Å². The Bertz CT molecular complexity index is 703. The number of aliphatic hydroxyl groups is 1. The molecule has 5 nitrogen and oxygen atoms in total. The number of nitrogens with one attached hydrogen (secondary N) is 1. The summed E-state index contributed by atoms with van der Waals surface area (Å²) in [6, 6.07) is 12.0. The lowest BCUT2D eigenvalue weighted by Gasteiger charge is -2.20. The van der Waals surface area contributed by atoms with Crippen molar-refractivity contribution >= 4 is 45.9 Å². The van der Waals surface area contributed by atoms with Crippen molar-refractivity contribution in [3.8, 4) is 11.3 Å². The molecule has 136 valence electrons. The van der Waals surface area contributed by atoms with E-state index in [2.05, 4.69) is 31.1 Å². The highest BCUT2D eigenvalue weighted by atomic mass is 127. The average molecular weight is 520 g/mol. The molecule has 1 aromatic carbocycles. The molecule has 0 radical (unpaired) electrons. The van der Waals surface area contributed by atoms with E-state index in [9.17, 15) is 5.11 Å². The summed E-state index contributed by atoms with van der Waals surface area (Å²) in [4.78, 5) is 6.73. The molecule has 2 N–H and O–H groups in total. The van der Waals surface area contributed by atoms with Crippen molar-refractivity contribution < 1.29 is 9.52 Å². The third-order valence-electron chi connectivity index (χ3n) is 3.97. The number of hydrogen-bond acceptors (Lipinski definition) is 3. The largest absolute Gasteiger partial charge is 0.459 e. The third-order valence-corrected chi connectivity index (χ3v) is 4.50. The predicted octanol–water partition coefficient (Wildman–Crippen LogP) is 3.86. The second-order valence-corrected chi connectivity index (χ2v) is 6.75. The van der Waals surface area contributed by atoms with Crippen molar-refractivity contribution in [1.82, 2.24) is 10.2 Å². The lowest BCUT2D eigenvalue weighted by molar-refractivity contribution is 0.188. The molecule has 1 aliphatic heterocycles. The first-order valence-electron chi connectivity index (χ1n) is 8.21. The minimum absolute atomic E-state index is 0. The molecule has 1 fully saturated rings. The number of aliphatic hydroxyl groups excluding tert-OH is 1. The van der Waals surface area contributed by atoms with Gasteiger partial charge in [-0.2, -0.15) is 0 Å². The Labute approximate surface area is 173 Å². The van der Waals surface area contributed by atoms with Gasteiger partial charge in [0, 0.05) is 29.7 Å². The summed E-state index contributed by atoms with van der Waals surface area (Å²) >= 11 is 3.44. The Kier molecular flexibility index (Phi) is 7.77. The van der Waals surface area contributed by atoms with Crippen LogP contribution in [-0.4, -0.2) is 41.7 Å². The van der Waals surface area contributed by atoms with Crippen molar-refractivity contribution in [1.29, 1.82) is 0 Å². The van der Waals surface area contributed by atoms with Crippen molar-refractivity contribution in [2.24, 2.45) is 4.99 Å². The molecule has 0 unspecified atom stereocenters. The molecule has 2 heterocycles. The van der Waals surface area contributed by atoms with E-state index in [0.29, 0.717) is 13.1 Å². The molecule has 1 saturated heterocycles. The van der Waals surface area contributed by atoms with Gasteiger partial charge in [0.25, 0.3) is 0 Å². The second-order valence-electron chi connectivity index (χ2n) is 5.83. The topological polar surface area (TPSA) is 61.0 Å². The number of nitrogens with zero attached hydrogens (tertiary/aromatic N) is 2. The van der Waals surface area contributed by atoms with E-state index in [1.165, 1.54) is 0 Å². The lowest BCUT2D eigenvalue weighted by atomic mass is 10.2. The monoisotopic (exact) mass is 519 g/mol. The van der Waals surface area contributed by atoms with Gasteiger partial charge < -0.3 is 19.7 Å². The SMILES string of the molecule is CCNC(=NCc1ccc(-c2ccc(Br)cc2)o1)N1CC[C@@H](O)C1.I. The summed E-state index contributed by atoms with van der Waals surface area (Å²) in [6.07, 6.45) is 0.528. The number of β-amino-alcohol motifs (C(OH)–C–C–N with tert-alkyl or cyclic N) is 1. The number of aliphatic imine (C=N–C) groups is 1. The van der Waals surface area contributed by atoms with Gasteiger partial charge in [-0.25, -0.2) is 4.99 Å². The molecule has 0 amide bonds. The molecule has 1 aromatic heterocycles. The van der Waals surface area contributed by atoms with Gasteiger partial charge >= 0.3 is 0 Å². The van der Waals surface area contributed by atoms with Crippen LogP contribution in [0, 0.1) is 0 Å². The number of guanidine groups is 1. The summed E-state index contributed by atoms with van der Waals surface area (Å²) in [5.41, 5.74) is 1.04. The van der Waals surface area contributed by atoms with Crippen LogP contribution >= 0.6 is 39.9 Å². The molecular weight excluding hydrogens is 497 g/mol. The van der Waals surface area contributed by atoms with E-state index in [4.69, 9.17) is 4.42 Å². The molecule has 25 heavy (non-hydrogen) atoms. The maximum atomic E-state index is 9.70. The smallest absolute Gasteiger partial charge is 0.194 e. The first-order chi connectivity index (χ1) is 11.7. The van der Waals surface area contributed by atoms with Gasteiger partial charge in [-0.1, -0.05) is 28.1 Å². The first kappa shape index (κ1) is 20.3. The van der Waals surface area contributed by atoms with Crippen LogP contribution in [0.25, 0.3) is 11.3 Å². The minimum atomic E-state index is -0.263. The third kappa shape index (κ3) is 5.46. The Morgan fingerprint density at radius 2 is 2.08 bits per heavy atom. The van der Waals surface area contributed by atoms with Crippen molar-refractivity contribution in [2.75, 3.05) is 19.6 Å². The zero-order valence-corrected chi connectivity index (χ0v) is 18.0. The van der Waals surface area contributed by atoms with Crippen LogP contribution in [0.1, 0.15) is 19.1 Å². The number of halogens is 2. The highest BCUT2D eigenvalue weighted by molar-refractivity contribution is 14.0. The Morgan fingerprint density at radius 3 is 2.72 bits per heavy atom. The summed E-state index contributed by atoms with van der Waals surface area (Å²) < 4.78 is 6.95. The van der Waals surface area contributed by atoms with Crippen LogP contribution < -0.4 is 5.32 Å². The number of furan rings is 1. The van der Waals surface area contributed by atoms with Crippen LogP contribution in [0.3, 0.4) is 0 Å². The molecule has 7 heteroatoms. The van der Waals surface area contributed by atoms with Gasteiger partial charge in [0.15, 0.2) is 5.96 Å². The van der Waals surface area contributed by atoms with E-state index in [0.717, 1.165) is 47.0 Å². The number of hydrogen-bond donors (Lipinski definition) is 2. The fourth-order valence-electron chi connectivity index (χ4n) is 2.75. The zero-order valence-electron chi connectivity index (χ0n) is 14.1. The number of likely N-dealkylation sites (tertiary alicyclic amines) is 1. The van der Waals surface area contributed by atoms with Gasteiger partial charge in [-0.15, -0.1) is 24.0 Å². The predicted molar refractivity (Wildman–Crippen MR) is 114 cm³/mol. The van der Waals surface area contributed by atoms with Gasteiger partial charge in [0.05, 0.1) is 6.10 Å². The molecule has 3 rings (SSSR count). The normalized spacial score (nSPS) is 17.5. The van der Waals surface area contributed by atoms with Crippen molar-refractivity contribution in [3.05, 3.63) is 46.6 Å². The van der Waals surface area contributed by atoms with E-state index < -0.39 is 0 Å². The second kappa shape index (κ2) is 9.59. The maximum absolute atomic E-state index is 9.70. The fourth-order valence-corrected chi connectivity index (χ4v) is 3.01. The summed E-state index contributed by atoms with van der Waals surface area (Å²) in [6.45, 7) is 4.78. The molecule has 0 spiro atoms. The fraction of sp³-hybridized carbons (Fsp3) is 0.389. The molecule has 0 bridgehead atoms. The molecule has 0 aliphatic carbocycles.